The molecule has 0 unspecified atom stereocenters. The first-order valence-electron chi connectivity index (χ1n) is 4.41. The van der Waals surface area contributed by atoms with Gasteiger partial charge in [0.2, 0.25) is 5.56 Å². The minimum Gasteiger partial charge on any atom is -0.318 e. The second kappa shape index (κ2) is 3.63. The fourth-order valence-electron chi connectivity index (χ4n) is 1.31. The molecule has 0 aliphatic carbocycles. The Morgan fingerprint density at radius 3 is 3.00 bits per heavy atom. The smallest absolute Gasteiger partial charge is 0.293 e. The van der Waals surface area contributed by atoms with E-state index in [0.717, 1.165) is 6.42 Å². The standard InChI is InChI=1S/C9H10N2O3/c12-8-4-1-3-7(10-8)9(13)11-5-2-6-14-11/h1,3-4H,2,5-6H2,(H,10,12). The van der Waals surface area contributed by atoms with Gasteiger partial charge >= 0.3 is 0 Å². The van der Waals surface area contributed by atoms with Crippen LogP contribution in [0.4, 0.5) is 0 Å². The molecule has 0 saturated carbocycles. The van der Waals surface area contributed by atoms with Crippen molar-refractivity contribution in [3.05, 3.63) is 34.2 Å². The summed E-state index contributed by atoms with van der Waals surface area (Å²) in [7, 11) is 0. The van der Waals surface area contributed by atoms with E-state index in [4.69, 9.17) is 4.84 Å². The molecule has 2 rings (SSSR count). The number of hydrogen-bond acceptors (Lipinski definition) is 3. The number of rotatable bonds is 1. The Hall–Kier alpha value is -1.62. The average molecular weight is 194 g/mol. The lowest BCUT2D eigenvalue weighted by Gasteiger charge is -2.12. The molecule has 1 amide bonds. The number of aromatic nitrogens is 1. The fraction of sp³-hybridized carbons (Fsp3) is 0.333. The van der Waals surface area contributed by atoms with E-state index in [1.807, 2.05) is 0 Å². The van der Waals surface area contributed by atoms with Crippen molar-refractivity contribution in [2.24, 2.45) is 0 Å². The molecule has 1 aliphatic rings. The molecule has 14 heavy (non-hydrogen) atoms. The molecule has 0 atom stereocenters. The van der Waals surface area contributed by atoms with Crippen LogP contribution < -0.4 is 5.56 Å². The van der Waals surface area contributed by atoms with Crippen molar-refractivity contribution in [3.8, 4) is 0 Å². The molecule has 5 heteroatoms. The summed E-state index contributed by atoms with van der Waals surface area (Å²) < 4.78 is 0. The van der Waals surface area contributed by atoms with E-state index < -0.39 is 0 Å². The average Bonchev–Trinajstić information content (AvgIpc) is 2.69. The predicted octanol–water partition coefficient (Wildman–Crippen LogP) is 0.152. The van der Waals surface area contributed by atoms with Crippen LogP contribution in [0.15, 0.2) is 23.0 Å². The van der Waals surface area contributed by atoms with E-state index in [2.05, 4.69) is 4.98 Å². The zero-order valence-electron chi connectivity index (χ0n) is 7.53. The van der Waals surface area contributed by atoms with Crippen LogP contribution in [-0.4, -0.2) is 29.1 Å². The summed E-state index contributed by atoms with van der Waals surface area (Å²) in [5, 5.41) is 1.27. The monoisotopic (exact) mass is 194 g/mol. The number of nitrogens with one attached hydrogen (secondary N) is 1. The molecule has 0 bridgehead atoms. The Balaban J connectivity index is 2.22. The zero-order valence-corrected chi connectivity index (χ0v) is 7.53. The molecule has 2 heterocycles. The minimum absolute atomic E-state index is 0.263. The van der Waals surface area contributed by atoms with Gasteiger partial charge in [0.1, 0.15) is 5.69 Å². The number of hydroxylamine groups is 2. The second-order valence-electron chi connectivity index (χ2n) is 3.02. The highest BCUT2D eigenvalue weighted by Crippen LogP contribution is 2.08. The van der Waals surface area contributed by atoms with Crippen molar-refractivity contribution in [1.82, 2.24) is 10.0 Å². The lowest BCUT2D eigenvalue weighted by molar-refractivity contribution is -0.0772. The zero-order chi connectivity index (χ0) is 9.97. The van der Waals surface area contributed by atoms with Crippen LogP contribution in [0.25, 0.3) is 0 Å². The molecule has 1 aromatic rings. The second-order valence-corrected chi connectivity index (χ2v) is 3.02. The third kappa shape index (κ3) is 1.67. The molecule has 0 spiro atoms. The maximum Gasteiger partial charge on any atom is 0.293 e. The first-order valence-corrected chi connectivity index (χ1v) is 4.41. The molecule has 0 radical (unpaired) electrons. The van der Waals surface area contributed by atoms with Crippen LogP contribution in [0.2, 0.25) is 0 Å². The van der Waals surface area contributed by atoms with E-state index in [9.17, 15) is 9.59 Å². The number of hydrogen-bond donors (Lipinski definition) is 1. The summed E-state index contributed by atoms with van der Waals surface area (Å²) >= 11 is 0. The maximum absolute atomic E-state index is 11.6. The quantitative estimate of drug-likeness (QED) is 0.692. The molecule has 74 valence electrons. The van der Waals surface area contributed by atoms with Gasteiger partial charge in [-0.1, -0.05) is 6.07 Å². The lowest BCUT2D eigenvalue weighted by Crippen LogP contribution is -2.28. The van der Waals surface area contributed by atoms with Gasteiger partial charge in [0.25, 0.3) is 5.91 Å². The van der Waals surface area contributed by atoms with Gasteiger partial charge in [-0.05, 0) is 12.5 Å². The van der Waals surface area contributed by atoms with E-state index in [1.54, 1.807) is 12.1 Å². The molecule has 1 fully saturated rings. The Morgan fingerprint density at radius 2 is 2.36 bits per heavy atom. The largest absolute Gasteiger partial charge is 0.318 e. The van der Waals surface area contributed by atoms with Gasteiger partial charge in [-0.3, -0.25) is 14.4 Å². The Kier molecular flexibility index (Phi) is 2.32. The Bertz CT molecular complexity index is 393. The third-order valence-electron chi connectivity index (χ3n) is 1.98. The highest BCUT2D eigenvalue weighted by molar-refractivity contribution is 5.91. The number of carbonyl (C=O) groups excluding carboxylic acids is 1. The first-order chi connectivity index (χ1) is 6.77. The molecule has 1 saturated heterocycles. The van der Waals surface area contributed by atoms with Crippen molar-refractivity contribution in [1.29, 1.82) is 0 Å². The Labute approximate surface area is 80.3 Å². The number of pyridine rings is 1. The molecular formula is C9H10N2O3. The van der Waals surface area contributed by atoms with Crippen LogP contribution in [0, 0.1) is 0 Å². The van der Waals surface area contributed by atoms with Crippen LogP contribution >= 0.6 is 0 Å². The molecule has 1 aromatic heterocycles. The molecular weight excluding hydrogens is 184 g/mol. The highest BCUT2D eigenvalue weighted by atomic mass is 16.7. The van der Waals surface area contributed by atoms with Gasteiger partial charge in [-0.25, -0.2) is 5.06 Å². The van der Waals surface area contributed by atoms with Crippen molar-refractivity contribution >= 4 is 5.91 Å². The normalized spacial score (nSPS) is 15.9. The fourth-order valence-corrected chi connectivity index (χ4v) is 1.31. The number of nitrogens with zero attached hydrogens (tertiary/aromatic N) is 1. The summed E-state index contributed by atoms with van der Waals surface area (Å²) in [6.45, 7) is 1.14. The van der Waals surface area contributed by atoms with E-state index >= 15 is 0 Å². The third-order valence-corrected chi connectivity index (χ3v) is 1.98. The van der Waals surface area contributed by atoms with Gasteiger partial charge in [0, 0.05) is 6.07 Å². The summed E-state index contributed by atoms with van der Waals surface area (Å²) in [5.74, 6) is -0.291. The lowest BCUT2D eigenvalue weighted by atomic mass is 10.3. The van der Waals surface area contributed by atoms with Crippen molar-refractivity contribution in [3.63, 3.8) is 0 Å². The summed E-state index contributed by atoms with van der Waals surface area (Å²) in [6.07, 6.45) is 0.836. The summed E-state index contributed by atoms with van der Waals surface area (Å²) in [5.41, 5.74) is -0.0190. The van der Waals surface area contributed by atoms with Gasteiger partial charge < -0.3 is 4.98 Å². The van der Waals surface area contributed by atoms with Crippen molar-refractivity contribution in [2.75, 3.05) is 13.2 Å². The first kappa shape index (κ1) is 8.96. The number of H-pyrrole nitrogens is 1. The summed E-state index contributed by atoms with van der Waals surface area (Å²) in [6, 6.07) is 4.47. The number of aromatic amines is 1. The van der Waals surface area contributed by atoms with Gasteiger partial charge in [0.15, 0.2) is 0 Å². The van der Waals surface area contributed by atoms with E-state index in [1.165, 1.54) is 11.1 Å². The highest BCUT2D eigenvalue weighted by Gasteiger charge is 2.21. The van der Waals surface area contributed by atoms with Gasteiger partial charge in [-0.15, -0.1) is 0 Å². The molecule has 1 N–H and O–H groups in total. The topological polar surface area (TPSA) is 62.4 Å². The van der Waals surface area contributed by atoms with Crippen LogP contribution in [0.1, 0.15) is 16.9 Å². The van der Waals surface area contributed by atoms with Gasteiger partial charge in [0.05, 0.1) is 13.2 Å². The van der Waals surface area contributed by atoms with Crippen LogP contribution in [0.3, 0.4) is 0 Å². The SMILES string of the molecule is O=C(c1cccc(=O)[nH]1)N1CCCO1. The van der Waals surface area contributed by atoms with Crippen molar-refractivity contribution < 1.29 is 9.63 Å². The minimum atomic E-state index is -0.291. The van der Waals surface area contributed by atoms with E-state index in [0.29, 0.717) is 13.2 Å². The van der Waals surface area contributed by atoms with E-state index in [-0.39, 0.29) is 17.2 Å². The predicted molar refractivity (Wildman–Crippen MR) is 48.7 cm³/mol. The van der Waals surface area contributed by atoms with Gasteiger partial charge in [-0.2, -0.15) is 0 Å². The van der Waals surface area contributed by atoms with Crippen molar-refractivity contribution in [2.45, 2.75) is 6.42 Å². The number of carbonyl (C=O) groups is 1. The van der Waals surface area contributed by atoms with Crippen LogP contribution in [0.5, 0.6) is 0 Å². The Morgan fingerprint density at radius 1 is 1.50 bits per heavy atom. The molecule has 1 aliphatic heterocycles. The maximum atomic E-state index is 11.6. The number of amides is 1. The summed E-state index contributed by atoms with van der Waals surface area (Å²) in [4.78, 5) is 30.1. The molecule has 0 aromatic carbocycles. The van der Waals surface area contributed by atoms with Crippen LogP contribution in [-0.2, 0) is 4.84 Å². The molecule has 5 nitrogen and oxygen atoms in total.